The molecule has 144 valence electrons. The molecule has 0 fully saturated rings. The van der Waals surface area contributed by atoms with E-state index < -0.39 is 44.3 Å². The van der Waals surface area contributed by atoms with Gasteiger partial charge in [0, 0.05) is 0 Å². The lowest BCUT2D eigenvalue weighted by Gasteiger charge is -2.22. The fraction of sp³-hybridized carbons (Fsp3) is 0.118. The number of anilines is 2. The number of para-hydroxylation sites is 1. The van der Waals surface area contributed by atoms with Crippen molar-refractivity contribution in [2.45, 2.75) is 10.1 Å². The Morgan fingerprint density at radius 1 is 1.25 bits per heavy atom. The maximum Gasteiger partial charge on any atom is 0.296 e. The summed E-state index contributed by atoms with van der Waals surface area (Å²) in [5.41, 5.74) is -0.465. The number of ether oxygens (including phenoxy) is 1. The van der Waals surface area contributed by atoms with Crippen molar-refractivity contribution in [3.63, 3.8) is 0 Å². The fourth-order valence-corrected chi connectivity index (χ4v) is 3.94. The van der Waals surface area contributed by atoms with Gasteiger partial charge in [-0.25, -0.2) is 0 Å². The maximum absolute atomic E-state index is 12.6. The van der Waals surface area contributed by atoms with E-state index in [4.69, 9.17) is 4.74 Å². The van der Waals surface area contributed by atoms with Crippen LogP contribution in [0.15, 0.2) is 47.4 Å². The van der Waals surface area contributed by atoms with Gasteiger partial charge in [-0.2, -0.15) is 0 Å². The summed E-state index contributed by atoms with van der Waals surface area (Å²) in [4.78, 5) is 47.6. The van der Waals surface area contributed by atoms with Crippen LogP contribution in [-0.2, 0) is 25.2 Å². The molecule has 0 saturated carbocycles. The first-order chi connectivity index (χ1) is 13.3. The van der Waals surface area contributed by atoms with Crippen LogP contribution in [0, 0.1) is 10.1 Å². The zero-order valence-electron chi connectivity index (χ0n) is 14.3. The number of fused-ring (bicyclic) bond motifs is 1. The molecule has 10 nitrogen and oxygen atoms in total. The van der Waals surface area contributed by atoms with E-state index in [-0.39, 0.29) is 16.3 Å². The molecule has 0 saturated heterocycles. The number of hydrogen-bond donors (Lipinski definition) is 2. The SMILES string of the molecule is COc1ccc(NC(=O)C(=O)[C@H]2C(=O)Nc3ccccc3[S@]2=O)c([N+](=O)[O-])c1. The molecule has 28 heavy (non-hydrogen) atoms. The van der Waals surface area contributed by atoms with Crippen molar-refractivity contribution < 1.29 is 28.3 Å². The summed E-state index contributed by atoms with van der Waals surface area (Å²) in [5, 5.41) is 14.0. The minimum absolute atomic E-state index is 0.181. The van der Waals surface area contributed by atoms with Crippen molar-refractivity contribution in [1.29, 1.82) is 0 Å². The molecule has 1 heterocycles. The van der Waals surface area contributed by atoms with Crippen LogP contribution in [0.2, 0.25) is 0 Å². The third kappa shape index (κ3) is 3.47. The zero-order valence-corrected chi connectivity index (χ0v) is 15.1. The van der Waals surface area contributed by atoms with Gasteiger partial charge in [0.2, 0.25) is 11.7 Å². The van der Waals surface area contributed by atoms with Gasteiger partial charge in [-0.15, -0.1) is 0 Å². The van der Waals surface area contributed by atoms with Gasteiger partial charge < -0.3 is 15.4 Å². The van der Waals surface area contributed by atoms with Crippen molar-refractivity contribution in [2.75, 3.05) is 17.7 Å². The third-order valence-electron chi connectivity index (χ3n) is 3.93. The first-order valence-electron chi connectivity index (χ1n) is 7.81. The summed E-state index contributed by atoms with van der Waals surface area (Å²) in [6.45, 7) is 0. The second kappa shape index (κ2) is 7.56. The lowest BCUT2D eigenvalue weighted by Crippen LogP contribution is -2.46. The molecular formula is C17H13N3O7S. The second-order valence-electron chi connectivity index (χ2n) is 5.62. The molecule has 0 aromatic heterocycles. The quantitative estimate of drug-likeness (QED) is 0.331. The minimum Gasteiger partial charge on any atom is -0.496 e. The number of nitrogens with zero attached hydrogens (tertiary/aromatic N) is 1. The lowest BCUT2D eigenvalue weighted by atomic mass is 10.2. The van der Waals surface area contributed by atoms with Gasteiger partial charge in [-0.1, -0.05) is 12.1 Å². The van der Waals surface area contributed by atoms with E-state index in [0.29, 0.717) is 5.69 Å². The average molecular weight is 403 g/mol. The Morgan fingerprint density at radius 3 is 2.64 bits per heavy atom. The number of carbonyl (C=O) groups excluding carboxylic acids is 3. The highest BCUT2D eigenvalue weighted by Gasteiger charge is 2.42. The topological polar surface area (TPSA) is 145 Å². The normalized spacial score (nSPS) is 17.8. The van der Waals surface area contributed by atoms with Crippen LogP contribution in [-0.4, -0.2) is 39.1 Å². The van der Waals surface area contributed by atoms with E-state index >= 15 is 0 Å². The molecule has 0 spiro atoms. The number of Topliss-reactive ketones (excluding diaryl/α,β-unsaturated/α-hetero) is 1. The Morgan fingerprint density at radius 2 is 1.96 bits per heavy atom. The molecule has 11 heteroatoms. The molecule has 2 amide bonds. The van der Waals surface area contributed by atoms with E-state index in [9.17, 15) is 28.7 Å². The largest absolute Gasteiger partial charge is 0.496 e. The predicted molar refractivity (Wildman–Crippen MR) is 98.6 cm³/mol. The molecule has 0 aliphatic carbocycles. The summed E-state index contributed by atoms with van der Waals surface area (Å²) in [6, 6.07) is 9.81. The third-order valence-corrected chi connectivity index (χ3v) is 5.57. The zero-order chi connectivity index (χ0) is 20.4. The summed E-state index contributed by atoms with van der Waals surface area (Å²) in [5.74, 6) is -3.27. The van der Waals surface area contributed by atoms with Crippen LogP contribution in [0.4, 0.5) is 17.1 Å². The van der Waals surface area contributed by atoms with Crippen molar-refractivity contribution >= 4 is 45.5 Å². The van der Waals surface area contributed by atoms with Crippen LogP contribution in [0.1, 0.15) is 0 Å². The molecule has 0 unspecified atom stereocenters. The Bertz CT molecular complexity index is 1040. The van der Waals surface area contributed by atoms with Crippen molar-refractivity contribution in [2.24, 2.45) is 0 Å². The highest BCUT2D eigenvalue weighted by Crippen LogP contribution is 2.30. The van der Waals surface area contributed by atoms with Gasteiger partial charge in [0.05, 0.1) is 39.5 Å². The molecule has 1 aliphatic heterocycles. The van der Waals surface area contributed by atoms with E-state index in [0.717, 1.165) is 6.07 Å². The first kappa shape index (κ1) is 19.2. The molecule has 0 bridgehead atoms. The smallest absolute Gasteiger partial charge is 0.296 e. The van der Waals surface area contributed by atoms with E-state index in [1.54, 1.807) is 12.1 Å². The van der Waals surface area contributed by atoms with Crippen LogP contribution < -0.4 is 15.4 Å². The Hall–Kier alpha value is -3.60. The number of nitro groups is 1. The number of nitro benzene ring substituents is 1. The molecule has 3 rings (SSSR count). The number of ketones is 1. The summed E-state index contributed by atoms with van der Waals surface area (Å²) in [7, 11) is -0.772. The van der Waals surface area contributed by atoms with Gasteiger partial charge in [0.25, 0.3) is 11.6 Å². The molecule has 0 radical (unpaired) electrons. The van der Waals surface area contributed by atoms with Crippen molar-refractivity contribution in [3.8, 4) is 5.75 Å². The van der Waals surface area contributed by atoms with Gasteiger partial charge in [-0.3, -0.25) is 28.7 Å². The lowest BCUT2D eigenvalue weighted by molar-refractivity contribution is -0.384. The van der Waals surface area contributed by atoms with Crippen molar-refractivity contribution in [1.82, 2.24) is 0 Å². The number of amides is 2. The second-order valence-corrected chi connectivity index (χ2v) is 7.13. The van der Waals surface area contributed by atoms with Crippen LogP contribution >= 0.6 is 0 Å². The predicted octanol–water partition coefficient (Wildman–Crippen LogP) is 1.24. The molecular weight excluding hydrogens is 390 g/mol. The Labute approximate surface area is 160 Å². The Balaban J connectivity index is 1.86. The Kier molecular flexibility index (Phi) is 5.18. The highest BCUT2D eigenvalue weighted by atomic mass is 32.2. The number of nitrogens with one attached hydrogen (secondary N) is 2. The number of carbonyl (C=O) groups is 3. The summed E-state index contributed by atoms with van der Waals surface area (Å²) in [6.07, 6.45) is 0. The van der Waals surface area contributed by atoms with Gasteiger partial charge in [0.15, 0.2) is 5.25 Å². The van der Waals surface area contributed by atoms with Crippen LogP contribution in [0.3, 0.4) is 0 Å². The summed E-state index contributed by atoms with van der Waals surface area (Å²) >= 11 is 0. The highest BCUT2D eigenvalue weighted by molar-refractivity contribution is 7.87. The van der Waals surface area contributed by atoms with Crippen LogP contribution in [0.25, 0.3) is 0 Å². The number of hydrogen-bond acceptors (Lipinski definition) is 7. The van der Waals surface area contributed by atoms with Gasteiger partial charge in [0.1, 0.15) is 11.4 Å². The average Bonchev–Trinajstić information content (AvgIpc) is 2.67. The maximum atomic E-state index is 12.6. The number of benzene rings is 2. The summed E-state index contributed by atoms with van der Waals surface area (Å²) < 4.78 is 17.5. The van der Waals surface area contributed by atoms with E-state index in [2.05, 4.69) is 10.6 Å². The standard InChI is InChI=1S/C17H13N3O7S/c1-27-9-6-7-10(12(8-9)20(24)25)18-16(22)14(21)15-17(23)19-11-4-2-3-5-13(11)28(15)26/h2-8,15H,1H3,(H,18,22)(H,19,23)/t15-,28+/m0/s1. The number of rotatable bonds is 5. The monoisotopic (exact) mass is 403 g/mol. The van der Waals surface area contributed by atoms with E-state index in [1.165, 1.54) is 31.4 Å². The molecule has 2 aromatic carbocycles. The molecule has 1 aliphatic rings. The minimum atomic E-state index is -2.09. The van der Waals surface area contributed by atoms with Crippen LogP contribution in [0.5, 0.6) is 5.75 Å². The first-order valence-corrected chi connectivity index (χ1v) is 9.03. The number of methoxy groups -OCH3 is 1. The molecule has 2 aromatic rings. The van der Waals surface area contributed by atoms with Gasteiger partial charge in [-0.05, 0) is 24.3 Å². The van der Waals surface area contributed by atoms with Gasteiger partial charge >= 0.3 is 0 Å². The molecule has 2 N–H and O–H groups in total. The fourth-order valence-electron chi connectivity index (χ4n) is 2.58. The molecule has 2 atom stereocenters. The van der Waals surface area contributed by atoms with E-state index in [1.807, 2.05) is 0 Å². The van der Waals surface area contributed by atoms with Crippen molar-refractivity contribution in [3.05, 3.63) is 52.6 Å².